The van der Waals surface area contributed by atoms with Crippen LogP contribution in [-0.4, -0.2) is 71.7 Å². The summed E-state index contributed by atoms with van der Waals surface area (Å²) in [7, 11) is 0. The molecule has 0 saturated carbocycles. The Morgan fingerprint density at radius 1 is 1.19 bits per heavy atom. The third-order valence-electron chi connectivity index (χ3n) is 4.90. The highest BCUT2D eigenvalue weighted by Crippen LogP contribution is 2.37. The van der Waals surface area contributed by atoms with Gasteiger partial charge in [-0.2, -0.15) is 13.2 Å². The van der Waals surface area contributed by atoms with Crippen LogP contribution in [-0.2, 0) is 9.59 Å². The molecule has 2 saturated heterocycles. The van der Waals surface area contributed by atoms with Crippen LogP contribution < -0.4 is 5.32 Å². The predicted octanol–water partition coefficient (Wildman–Crippen LogP) is 1.68. The second-order valence-corrected chi connectivity index (χ2v) is 6.77. The Morgan fingerprint density at radius 2 is 1.92 bits per heavy atom. The van der Waals surface area contributed by atoms with E-state index in [0.717, 1.165) is 24.2 Å². The number of likely N-dealkylation sites (tertiary alicyclic amines) is 2. The number of urea groups is 1. The second-order valence-electron chi connectivity index (χ2n) is 6.77. The van der Waals surface area contributed by atoms with Crippen molar-refractivity contribution in [3.8, 4) is 0 Å². The van der Waals surface area contributed by atoms with E-state index in [1.807, 2.05) is 0 Å². The Hall–Kier alpha value is -2.00. The average Bonchev–Trinajstić information content (AvgIpc) is 2.92. The van der Waals surface area contributed by atoms with Gasteiger partial charge in [-0.25, -0.2) is 4.79 Å². The third-order valence-corrected chi connectivity index (χ3v) is 4.90. The molecule has 10 heteroatoms. The van der Waals surface area contributed by atoms with E-state index in [-0.39, 0.29) is 12.5 Å². The number of alkyl halides is 3. The fraction of sp³-hybridized carbons (Fsp3) is 0.812. The summed E-state index contributed by atoms with van der Waals surface area (Å²) >= 11 is 0. The van der Waals surface area contributed by atoms with Crippen molar-refractivity contribution in [1.82, 2.24) is 15.1 Å². The van der Waals surface area contributed by atoms with E-state index in [2.05, 4.69) is 5.32 Å². The molecule has 26 heavy (non-hydrogen) atoms. The van der Waals surface area contributed by atoms with Crippen molar-refractivity contribution in [1.29, 1.82) is 0 Å². The van der Waals surface area contributed by atoms with Gasteiger partial charge in [-0.1, -0.05) is 6.42 Å². The van der Waals surface area contributed by atoms with Gasteiger partial charge in [-0.3, -0.25) is 9.59 Å². The number of nitrogens with one attached hydrogen (secondary N) is 1. The quantitative estimate of drug-likeness (QED) is 0.712. The smallest absolute Gasteiger partial charge is 0.394 e. The molecule has 0 spiro atoms. The van der Waals surface area contributed by atoms with Gasteiger partial charge < -0.3 is 20.2 Å². The first-order valence-electron chi connectivity index (χ1n) is 8.80. The highest BCUT2D eigenvalue weighted by atomic mass is 19.4. The van der Waals surface area contributed by atoms with Crippen molar-refractivity contribution in [2.45, 2.75) is 38.3 Å². The summed E-state index contributed by atoms with van der Waals surface area (Å²) in [6, 6.07) is -0.704. The molecule has 0 aromatic heterocycles. The number of rotatable bonds is 5. The van der Waals surface area contributed by atoms with Crippen molar-refractivity contribution in [2.24, 2.45) is 11.8 Å². The number of halogens is 3. The van der Waals surface area contributed by atoms with Gasteiger partial charge in [0.25, 0.3) is 0 Å². The molecule has 2 N–H and O–H groups in total. The molecule has 0 radical (unpaired) electrons. The molecule has 2 heterocycles. The number of carboxylic acids is 1. The van der Waals surface area contributed by atoms with Crippen LogP contribution in [0.2, 0.25) is 0 Å². The highest BCUT2D eigenvalue weighted by Gasteiger charge is 2.53. The maximum atomic E-state index is 12.9. The molecule has 3 amide bonds. The molecule has 148 valence electrons. The summed E-state index contributed by atoms with van der Waals surface area (Å²) in [6.45, 7) is 0.273. The standard InChI is InChI=1S/C16H24F3N3O4/c17-16(18,19)12-10-22(9-11(12)14(24)25)15(26)20-6-4-8-21-7-3-1-2-5-13(21)23/h11-12H,1-10H2,(H,20,26)(H,24,25)/t11-,12-/m1/s1. The Morgan fingerprint density at radius 3 is 2.54 bits per heavy atom. The van der Waals surface area contributed by atoms with E-state index >= 15 is 0 Å². The fourth-order valence-corrected chi connectivity index (χ4v) is 3.40. The van der Waals surface area contributed by atoms with Crippen LogP contribution in [0.4, 0.5) is 18.0 Å². The number of aliphatic carboxylic acids is 1. The largest absolute Gasteiger partial charge is 0.481 e. The van der Waals surface area contributed by atoms with Gasteiger partial charge >= 0.3 is 18.2 Å². The molecule has 2 rings (SSSR count). The van der Waals surface area contributed by atoms with Gasteiger partial charge in [0.05, 0.1) is 11.8 Å². The summed E-state index contributed by atoms with van der Waals surface area (Å²) in [5, 5.41) is 11.5. The van der Waals surface area contributed by atoms with Gasteiger partial charge in [0.2, 0.25) is 5.91 Å². The number of amides is 3. The van der Waals surface area contributed by atoms with Crippen molar-refractivity contribution in [3.05, 3.63) is 0 Å². The minimum Gasteiger partial charge on any atom is -0.481 e. The lowest BCUT2D eigenvalue weighted by atomic mass is 9.96. The lowest BCUT2D eigenvalue weighted by molar-refractivity contribution is -0.187. The van der Waals surface area contributed by atoms with Crippen molar-refractivity contribution in [2.75, 3.05) is 32.7 Å². The topological polar surface area (TPSA) is 89.9 Å². The minimum atomic E-state index is -4.66. The number of nitrogens with zero attached hydrogens (tertiary/aromatic N) is 2. The number of carbonyl (C=O) groups excluding carboxylic acids is 2. The van der Waals surface area contributed by atoms with Crippen molar-refractivity contribution < 1.29 is 32.7 Å². The molecule has 2 atom stereocenters. The van der Waals surface area contributed by atoms with Crippen LogP contribution in [0.15, 0.2) is 0 Å². The zero-order chi connectivity index (χ0) is 19.3. The van der Waals surface area contributed by atoms with E-state index in [9.17, 15) is 27.6 Å². The molecule has 0 bridgehead atoms. The zero-order valence-corrected chi connectivity index (χ0v) is 14.4. The first-order valence-corrected chi connectivity index (χ1v) is 8.80. The first-order chi connectivity index (χ1) is 12.2. The Balaban J connectivity index is 1.77. The molecule has 0 aromatic rings. The van der Waals surface area contributed by atoms with Crippen LogP contribution in [0.5, 0.6) is 0 Å². The van der Waals surface area contributed by atoms with Gasteiger partial charge in [0, 0.05) is 39.1 Å². The Kier molecular flexibility index (Phi) is 6.71. The average molecular weight is 379 g/mol. The monoisotopic (exact) mass is 379 g/mol. The normalized spacial score (nSPS) is 24.5. The molecule has 0 aromatic carbocycles. The lowest BCUT2D eigenvalue weighted by Gasteiger charge is -2.21. The van der Waals surface area contributed by atoms with Crippen molar-refractivity contribution in [3.63, 3.8) is 0 Å². The molecular formula is C16H24F3N3O4. The number of hydrogen-bond donors (Lipinski definition) is 2. The highest BCUT2D eigenvalue weighted by molar-refractivity contribution is 5.78. The number of hydrogen-bond acceptors (Lipinski definition) is 3. The maximum Gasteiger partial charge on any atom is 0.394 e. The first kappa shape index (κ1) is 20.3. The minimum absolute atomic E-state index is 0.0886. The third kappa shape index (κ3) is 5.25. The molecule has 2 aliphatic rings. The van der Waals surface area contributed by atoms with Crippen LogP contribution in [0.3, 0.4) is 0 Å². The Bertz CT molecular complexity index is 541. The van der Waals surface area contributed by atoms with E-state index in [1.54, 1.807) is 4.90 Å². The van der Waals surface area contributed by atoms with E-state index < -0.39 is 43.1 Å². The summed E-state index contributed by atoms with van der Waals surface area (Å²) in [4.78, 5) is 37.5. The molecule has 2 aliphatic heterocycles. The molecule has 7 nitrogen and oxygen atoms in total. The lowest BCUT2D eigenvalue weighted by Crippen LogP contribution is -2.41. The summed E-state index contributed by atoms with van der Waals surface area (Å²) in [5.74, 6) is -5.16. The molecule has 0 aliphatic carbocycles. The van der Waals surface area contributed by atoms with Gasteiger partial charge in [-0.15, -0.1) is 0 Å². The van der Waals surface area contributed by atoms with Crippen LogP contribution in [0.1, 0.15) is 32.1 Å². The van der Waals surface area contributed by atoms with Gasteiger partial charge in [0.1, 0.15) is 0 Å². The summed E-state index contributed by atoms with van der Waals surface area (Å²) < 4.78 is 38.8. The van der Waals surface area contributed by atoms with Crippen molar-refractivity contribution >= 4 is 17.9 Å². The van der Waals surface area contributed by atoms with Crippen LogP contribution in [0.25, 0.3) is 0 Å². The molecule has 2 fully saturated rings. The van der Waals surface area contributed by atoms with Gasteiger partial charge in [0.15, 0.2) is 0 Å². The molecular weight excluding hydrogens is 355 g/mol. The number of carboxylic acid groups (broad SMARTS) is 1. The van der Waals surface area contributed by atoms with Crippen LogP contribution in [0, 0.1) is 11.8 Å². The molecule has 0 unspecified atom stereocenters. The predicted molar refractivity (Wildman–Crippen MR) is 85.3 cm³/mol. The van der Waals surface area contributed by atoms with Crippen LogP contribution >= 0.6 is 0 Å². The SMILES string of the molecule is O=C(O)[C@@H]1CN(C(=O)NCCCN2CCCCCC2=O)C[C@H]1C(F)(F)F. The van der Waals surface area contributed by atoms with E-state index in [4.69, 9.17) is 5.11 Å². The van der Waals surface area contributed by atoms with E-state index in [0.29, 0.717) is 25.9 Å². The zero-order valence-electron chi connectivity index (χ0n) is 14.4. The Labute approximate surface area is 149 Å². The number of carbonyl (C=O) groups is 3. The summed E-state index contributed by atoms with van der Waals surface area (Å²) in [6.07, 6.45) is -0.802. The fourth-order valence-electron chi connectivity index (χ4n) is 3.40. The van der Waals surface area contributed by atoms with Gasteiger partial charge in [-0.05, 0) is 19.3 Å². The van der Waals surface area contributed by atoms with E-state index in [1.165, 1.54) is 0 Å². The second kappa shape index (κ2) is 8.59. The maximum absolute atomic E-state index is 12.9. The summed E-state index contributed by atoms with van der Waals surface area (Å²) in [5.41, 5.74) is 0.